The van der Waals surface area contributed by atoms with Crippen LogP contribution in [-0.4, -0.2) is 49.2 Å². The van der Waals surface area contributed by atoms with E-state index in [1.807, 2.05) is 4.90 Å². The Morgan fingerprint density at radius 2 is 2.29 bits per heavy atom. The number of nitrogens with zero attached hydrogens (tertiary/aromatic N) is 1. The molecule has 0 aliphatic carbocycles. The fraction of sp³-hybridized carbons (Fsp3) is 0.923. The van der Waals surface area contributed by atoms with Crippen molar-refractivity contribution in [3.05, 3.63) is 0 Å². The van der Waals surface area contributed by atoms with E-state index in [0.717, 1.165) is 32.5 Å². The maximum Gasteiger partial charge on any atom is 0.239 e. The van der Waals surface area contributed by atoms with Crippen molar-refractivity contribution in [3.8, 4) is 0 Å². The molecule has 2 unspecified atom stereocenters. The molecule has 2 heterocycles. The fourth-order valence-corrected chi connectivity index (χ4v) is 2.63. The van der Waals surface area contributed by atoms with Gasteiger partial charge >= 0.3 is 0 Å². The predicted molar refractivity (Wildman–Crippen MR) is 66.9 cm³/mol. The van der Waals surface area contributed by atoms with Crippen molar-refractivity contribution < 1.29 is 9.53 Å². The Kier molecular flexibility index (Phi) is 4.80. The minimum absolute atomic E-state index is 0.0492. The van der Waals surface area contributed by atoms with Gasteiger partial charge in [-0.2, -0.15) is 0 Å². The van der Waals surface area contributed by atoms with Crippen LogP contribution in [0, 0.1) is 0 Å². The zero-order chi connectivity index (χ0) is 12.1. The topological polar surface area (TPSA) is 41.6 Å². The molecule has 2 aliphatic heterocycles. The molecule has 4 nitrogen and oxygen atoms in total. The van der Waals surface area contributed by atoms with Crippen molar-refractivity contribution in [2.24, 2.45) is 0 Å². The molecule has 2 atom stereocenters. The first-order chi connectivity index (χ1) is 8.31. The first-order valence-electron chi connectivity index (χ1n) is 6.95. The van der Waals surface area contributed by atoms with Crippen molar-refractivity contribution in [1.82, 2.24) is 10.2 Å². The lowest BCUT2D eigenvalue weighted by Gasteiger charge is -2.34. The summed E-state index contributed by atoms with van der Waals surface area (Å²) in [6.45, 7) is 5.32. The van der Waals surface area contributed by atoms with Crippen LogP contribution in [0.15, 0.2) is 0 Å². The summed E-state index contributed by atoms with van der Waals surface area (Å²) in [6, 6.07) is 0.0492. The van der Waals surface area contributed by atoms with E-state index >= 15 is 0 Å². The lowest BCUT2D eigenvalue weighted by Crippen LogP contribution is -2.52. The van der Waals surface area contributed by atoms with Crippen molar-refractivity contribution in [3.63, 3.8) is 0 Å². The van der Waals surface area contributed by atoms with E-state index in [4.69, 9.17) is 4.74 Å². The van der Waals surface area contributed by atoms with E-state index in [0.29, 0.717) is 6.61 Å². The average molecular weight is 240 g/mol. The van der Waals surface area contributed by atoms with Gasteiger partial charge in [-0.25, -0.2) is 0 Å². The third-order valence-corrected chi connectivity index (χ3v) is 3.76. The van der Waals surface area contributed by atoms with Gasteiger partial charge in [-0.1, -0.05) is 19.8 Å². The van der Waals surface area contributed by atoms with Crippen LogP contribution >= 0.6 is 0 Å². The van der Waals surface area contributed by atoms with Gasteiger partial charge in [0.25, 0.3) is 0 Å². The first kappa shape index (κ1) is 12.8. The van der Waals surface area contributed by atoms with Crippen LogP contribution in [0.5, 0.6) is 0 Å². The Balaban J connectivity index is 1.89. The largest absolute Gasteiger partial charge is 0.375 e. The molecular weight excluding hydrogens is 216 g/mol. The number of amides is 1. The van der Waals surface area contributed by atoms with Gasteiger partial charge in [0.2, 0.25) is 5.91 Å². The Morgan fingerprint density at radius 3 is 3.12 bits per heavy atom. The van der Waals surface area contributed by atoms with Crippen molar-refractivity contribution in [1.29, 1.82) is 0 Å². The molecule has 1 N–H and O–H groups in total. The van der Waals surface area contributed by atoms with Gasteiger partial charge in [-0.3, -0.25) is 4.79 Å². The van der Waals surface area contributed by atoms with Crippen LogP contribution < -0.4 is 5.32 Å². The summed E-state index contributed by atoms with van der Waals surface area (Å²) < 4.78 is 5.61. The molecule has 1 amide bonds. The smallest absolute Gasteiger partial charge is 0.239 e. The van der Waals surface area contributed by atoms with Crippen LogP contribution in [0.4, 0.5) is 0 Å². The second-order valence-corrected chi connectivity index (χ2v) is 5.04. The highest BCUT2D eigenvalue weighted by molar-refractivity contribution is 5.82. The average Bonchev–Trinajstić information content (AvgIpc) is 2.67. The number of nitrogens with one attached hydrogen (secondary N) is 1. The highest BCUT2D eigenvalue weighted by atomic mass is 16.5. The lowest BCUT2D eigenvalue weighted by atomic mass is 10.1. The number of hydrogen-bond donors (Lipinski definition) is 1. The molecule has 2 rings (SSSR count). The highest BCUT2D eigenvalue weighted by Gasteiger charge is 2.28. The number of carbonyl (C=O) groups is 1. The molecule has 0 spiro atoms. The van der Waals surface area contributed by atoms with Gasteiger partial charge in [-0.15, -0.1) is 0 Å². The number of carbonyl (C=O) groups excluding carboxylic acids is 1. The molecule has 4 heteroatoms. The summed E-state index contributed by atoms with van der Waals surface area (Å²) in [5.41, 5.74) is 0. The molecule has 0 bridgehead atoms. The van der Waals surface area contributed by atoms with Crippen LogP contribution in [0.25, 0.3) is 0 Å². The zero-order valence-corrected chi connectivity index (χ0v) is 10.8. The molecule has 0 saturated carbocycles. The van der Waals surface area contributed by atoms with Crippen LogP contribution in [-0.2, 0) is 9.53 Å². The van der Waals surface area contributed by atoms with Gasteiger partial charge in [-0.05, 0) is 25.8 Å². The Hall–Kier alpha value is -0.610. The van der Waals surface area contributed by atoms with Crippen LogP contribution in [0.3, 0.4) is 0 Å². The van der Waals surface area contributed by atoms with Crippen molar-refractivity contribution in [2.45, 2.75) is 51.2 Å². The summed E-state index contributed by atoms with van der Waals surface area (Å²) in [6.07, 6.45) is 5.83. The molecule has 0 aromatic heterocycles. The SMILES string of the molecule is CCC1CN(C(=O)C2CCCCCN2)CCO1. The Labute approximate surface area is 104 Å². The lowest BCUT2D eigenvalue weighted by molar-refractivity contribution is -0.141. The quantitative estimate of drug-likeness (QED) is 0.787. The molecular formula is C13H24N2O2. The third kappa shape index (κ3) is 3.42. The molecule has 0 radical (unpaired) electrons. The van der Waals surface area contributed by atoms with Crippen molar-refractivity contribution in [2.75, 3.05) is 26.2 Å². The monoisotopic (exact) mass is 240 g/mol. The summed E-state index contributed by atoms with van der Waals surface area (Å²) in [4.78, 5) is 14.4. The highest BCUT2D eigenvalue weighted by Crippen LogP contribution is 2.14. The third-order valence-electron chi connectivity index (χ3n) is 3.76. The number of ether oxygens (including phenoxy) is 1. The fourth-order valence-electron chi connectivity index (χ4n) is 2.63. The number of morpholine rings is 1. The predicted octanol–water partition coefficient (Wildman–Crippen LogP) is 1.16. The Bertz CT molecular complexity index is 250. The summed E-state index contributed by atoms with van der Waals surface area (Å²) >= 11 is 0. The van der Waals surface area contributed by atoms with E-state index < -0.39 is 0 Å². The maximum atomic E-state index is 12.4. The number of hydrogen-bond acceptors (Lipinski definition) is 3. The number of rotatable bonds is 2. The normalized spacial score (nSPS) is 31.0. The molecule has 2 aliphatic rings. The van der Waals surface area contributed by atoms with E-state index in [2.05, 4.69) is 12.2 Å². The van der Waals surface area contributed by atoms with Gasteiger partial charge in [0, 0.05) is 13.1 Å². The molecule has 17 heavy (non-hydrogen) atoms. The summed E-state index contributed by atoms with van der Waals surface area (Å²) in [5, 5.41) is 3.38. The molecule has 2 saturated heterocycles. The minimum atomic E-state index is 0.0492. The van der Waals surface area contributed by atoms with Gasteiger partial charge < -0.3 is 15.0 Å². The molecule has 98 valence electrons. The van der Waals surface area contributed by atoms with E-state index in [1.165, 1.54) is 19.3 Å². The molecule has 2 fully saturated rings. The zero-order valence-electron chi connectivity index (χ0n) is 10.8. The first-order valence-corrected chi connectivity index (χ1v) is 6.95. The minimum Gasteiger partial charge on any atom is -0.375 e. The van der Waals surface area contributed by atoms with Crippen LogP contribution in [0.1, 0.15) is 39.0 Å². The van der Waals surface area contributed by atoms with E-state index in [9.17, 15) is 4.79 Å². The van der Waals surface area contributed by atoms with E-state index in [-0.39, 0.29) is 18.1 Å². The summed E-state index contributed by atoms with van der Waals surface area (Å²) in [5.74, 6) is 0.286. The molecule has 0 aromatic carbocycles. The Morgan fingerprint density at radius 1 is 1.41 bits per heavy atom. The van der Waals surface area contributed by atoms with Gasteiger partial charge in [0.1, 0.15) is 0 Å². The van der Waals surface area contributed by atoms with Gasteiger partial charge in [0.15, 0.2) is 0 Å². The second kappa shape index (κ2) is 6.36. The molecule has 0 aromatic rings. The second-order valence-electron chi connectivity index (χ2n) is 5.04. The summed E-state index contributed by atoms with van der Waals surface area (Å²) in [7, 11) is 0. The van der Waals surface area contributed by atoms with Gasteiger partial charge in [0.05, 0.1) is 18.8 Å². The van der Waals surface area contributed by atoms with Crippen LogP contribution in [0.2, 0.25) is 0 Å². The van der Waals surface area contributed by atoms with Crippen molar-refractivity contribution >= 4 is 5.91 Å². The van der Waals surface area contributed by atoms with E-state index in [1.54, 1.807) is 0 Å². The standard InChI is InChI=1S/C13H24N2O2/c1-2-11-10-15(8-9-17-11)13(16)12-6-4-3-5-7-14-12/h11-12,14H,2-10H2,1H3. The maximum absolute atomic E-state index is 12.4.